The molecule has 3 rings (SSSR count). The van der Waals surface area contributed by atoms with Gasteiger partial charge in [0.15, 0.2) is 0 Å². The van der Waals surface area contributed by atoms with E-state index >= 15 is 4.39 Å². The van der Waals surface area contributed by atoms with E-state index in [4.69, 9.17) is 13.1 Å². The van der Waals surface area contributed by atoms with Crippen LogP contribution in [0.1, 0.15) is 0 Å². The molecule has 0 amide bonds. The summed E-state index contributed by atoms with van der Waals surface area (Å²) in [6.07, 6.45) is 0. The summed E-state index contributed by atoms with van der Waals surface area (Å²) in [4.78, 5) is -0.786. The summed E-state index contributed by atoms with van der Waals surface area (Å²) >= 11 is 0. The van der Waals surface area contributed by atoms with Crippen molar-refractivity contribution in [1.29, 1.82) is 0 Å². The van der Waals surface area contributed by atoms with Crippen LogP contribution < -0.4 is 9.47 Å². The van der Waals surface area contributed by atoms with Crippen molar-refractivity contribution in [2.75, 3.05) is 14.2 Å². The smallest absolute Gasteiger partial charge is 0.497 e. The molecule has 0 fully saturated rings. The lowest BCUT2D eigenvalue weighted by Gasteiger charge is -2.39. The van der Waals surface area contributed by atoms with Gasteiger partial charge in [0.25, 0.3) is 0 Å². The Hall–Kier alpha value is -2.83. The molecule has 33 heavy (non-hydrogen) atoms. The summed E-state index contributed by atoms with van der Waals surface area (Å²) in [6, 6.07) is 12.5. The molecule has 0 unspecified atom stereocenters. The van der Waals surface area contributed by atoms with Crippen molar-refractivity contribution < 1.29 is 43.5 Å². The topological polar surface area (TPSA) is 61.8 Å². The fourth-order valence-electron chi connectivity index (χ4n) is 2.92. The van der Waals surface area contributed by atoms with Crippen molar-refractivity contribution in [3.8, 4) is 11.5 Å². The fraction of sp³-hybridized carbons (Fsp3) is 0.143. The molecule has 0 saturated heterocycles. The van der Waals surface area contributed by atoms with E-state index in [1.807, 2.05) is 0 Å². The molecule has 12 heteroatoms. The predicted octanol–water partition coefficient (Wildman–Crippen LogP) is 6.04. The molecule has 3 aromatic rings. The minimum atomic E-state index is -6.24. The van der Waals surface area contributed by atoms with Crippen LogP contribution in [0.2, 0.25) is 0 Å². The second-order valence-corrected chi connectivity index (χ2v) is 10.9. The number of methoxy groups -OCH3 is 2. The molecular formula is C21H17F5O5S2. The zero-order valence-electron chi connectivity index (χ0n) is 17.1. The lowest BCUT2D eigenvalue weighted by atomic mass is 10.3. The third-order valence-corrected chi connectivity index (χ3v) is 9.38. The van der Waals surface area contributed by atoms with Crippen molar-refractivity contribution in [3.63, 3.8) is 0 Å². The lowest BCUT2D eigenvalue weighted by molar-refractivity contribution is -0.0496. The van der Waals surface area contributed by atoms with Crippen molar-refractivity contribution in [1.82, 2.24) is 0 Å². The maximum Gasteiger partial charge on any atom is 0.524 e. The molecule has 0 radical (unpaired) electrons. The van der Waals surface area contributed by atoms with Crippen LogP contribution in [0.3, 0.4) is 0 Å². The molecule has 5 nitrogen and oxygen atoms in total. The Morgan fingerprint density at radius 3 is 1.55 bits per heavy atom. The standard InChI is InChI=1S/C21H17F5O5S2/c1-29-15-4-8-17(9-5-15)32(31-33(27,28)21(24,25)26,18-10-6-16(30-2)7-11-18)20-12-3-14(22)13-19(20)23/h3-13H,1-2H3. The van der Waals surface area contributed by atoms with Gasteiger partial charge in [0.1, 0.15) is 23.1 Å². The summed E-state index contributed by atoms with van der Waals surface area (Å²) in [5, 5.41) is 0. The average Bonchev–Trinajstić information content (AvgIpc) is 2.77. The molecule has 0 aliphatic rings. The Morgan fingerprint density at radius 2 is 1.18 bits per heavy atom. The first kappa shape index (κ1) is 24.8. The van der Waals surface area contributed by atoms with Crippen LogP contribution in [-0.4, -0.2) is 28.1 Å². The molecule has 3 aromatic carbocycles. The molecule has 0 bridgehead atoms. The van der Waals surface area contributed by atoms with Crippen molar-refractivity contribution in [3.05, 3.63) is 78.4 Å². The van der Waals surface area contributed by atoms with Crippen molar-refractivity contribution >= 4 is 20.4 Å². The Bertz CT molecular complexity index is 1180. The van der Waals surface area contributed by atoms with E-state index in [1.54, 1.807) is 0 Å². The van der Waals surface area contributed by atoms with Gasteiger partial charge < -0.3 is 9.47 Å². The highest BCUT2D eigenvalue weighted by Crippen LogP contribution is 2.71. The normalized spacial score (nSPS) is 12.9. The third kappa shape index (κ3) is 4.77. The van der Waals surface area contributed by atoms with E-state index in [0.29, 0.717) is 17.6 Å². The van der Waals surface area contributed by atoms with Gasteiger partial charge in [0.2, 0.25) is 0 Å². The zero-order valence-corrected chi connectivity index (χ0v) is 18.7. The SMILES string of the molecule is COc1ccc(S(OS(=O)(=O)C(F)(F)F)(c2ccc(OC)cc2)c2ccc(F)cc2F)cc1. The van der Waals surface area contributed by atoms with Crippen LogP contribution >= 0.6 is 10.3 Å². The van der Waals surface area contributed by atoms with Gasteiger partial charge in [-0.1, -0.05) is 0 Å². The van der Waals surface area contributed by atoms with Gasteiger partial charge in [-0.2, -0.15) is 25.2 Å². The van der Waals surface area contributed by atoms with Crippen LogP contribution in [0, 0.1) is 11.6 Å². The summed E-state index contributed by atoms with van der Waals surface area (Å²) in [6.45, 7) is 0. The summed E-state index contributed by atoms with van der Waals surface area (Å²) in [5.41, 5.74) is -5.80. The van der Waals surface area contributed by atoms with Gasteiger partial charge in [-0.3, -0.25) is 0 Å². The van der Waals surface area contributed by atoms with E-state index in [1.165, 1.54) is 62.8 Å². The van der Waals surface area contributed by atoms with Crippen LogP contribution in [0.25, 0.3) is 0 Å². The molecule has 0 N–H and O–H groups in total. The van der Waals surface area contributed by atoms with Gasteiger partial charge in [0.05, 0.1) is 19.1 Å². The number of halogens is 5. The van der Waals surface area contributed by atoms with Crippen molar-refractivity contribution in [2.45, 2.75) is 20.2 Å². The highest BCUT2D eigenvalue weighted by molar-refractivity contribution is 8.33. The van der Waals surface area contributed by atoms with E-state index < -0.39 is 42.5 Å². The Morgan fingerprint density at radius 1 is 0.727 bits per heavy atom. The maximum absolute atomic E-state index is 15.1. The van der Waals surface area contributed by atoms with Gasteiger partial charge in [-0.15, -0.1) is 0 Å². The largest absolute Gasteiger partial charge is 0.524 e. The van der Waals surface area contributed by atoms with Crippen molar-refractivity contribution in [2.24, 2.45) is 0 Å². The quantitative estimate of drug-likeness (QED) is 0.288. The minimum Gasteiger partial charge on any atom is -0.497 e. The number of benzene rings is 3. The third-order valence-electron chi connectivity index (χ3n) is 4.46. The molecule has 0 aliphatic heterocycles. The van der Waals surface area contributed by atoms with Gasteiger partial charge >= 0.3 is 15.6 Å². The predicted molar refractivity (Wildman–Crippen MR) is 111 cm³/mol. The molecule has 0 heterocycles. The number of ether oxygens (including phenoxy) is 2. The maximum atomic E-state index is 15.1. The number of rotatable bonds is 7. The minimum absolute atomic E-state index is 0.105. The molecule has 0 aromatic heterocycles. The van der Waals surface area contributed by atoms with E-state index in [0.717, 1.165) is 12.1 Å². The second kappa shape index (κ2) is 9.20. The monoisotopic (exact) mass is 508 g/mol. The van der Waals surface area contributed by atoms with Crippen LogP contribution in [0.5, 0.6) is 11.5 Å². The molecule has 0 spiro atoms. The Kier molecular flexibility index (Phi) is 6.91. The first-order chi connectivity index (χ1) is 15.4. The summed E-state index contributed by atoms with van der Waals surface area (Å²) in [5.74, 6) is -1.68. The molecule has 178 valence electrons. The van der Waals surface area contributed by atoms with Crippen LogP contribution in [0.15, 0.2) is 81.4 Å². The number of hydrogen-bond acceptors (Lipinski definition) is 5. The van der Waals surface area contributed by atoms with E-state index in [2.05, 4.69) is 0 Å². The first-order valence-corrected chi connectivity index (χ1v) is 12.0. The molecule has 0 atom stereocenters. The zero-order chi connectivity index (χ0) is 24.4. The average molecular weight is 508 g/mol. The summed E-state index contributed by atoms with van der Waals surface area (Å²) < 4.78 is 108. The number of hydrogen-bond donors (Lipinski definition) is 0. The van der Waals surface area contributed by atoms with Gasteiger partial charge in [0, 0.05) is 15.9 Å². The molecule has 0 saturated carbocycles. The van der Waals surface area contributed by atoms with E-state index in [-0.39, 0.29) is 9.79 Å². The molecular weight excluding hydrogens is 491 g/mol. The van der Waals surface area contributed by atoms with Gasteiger partial charge in [-0.25, -0.2) is 8.78 Å². The lowest BCUT2D eigenvalue weighted by Crippen LogP contribution is -2.27. The summed E-state index contributed by atoms with van der Waals surface area (Å²) in [7, 11) is -7.48. The highest BCUT2D eigenvalue weighted by Gasteiger charge is 2.53. The van der Waals surface area contributed by atoms with Gasteiger partial charge in [-0.05, 0) is 71.0 Å². The second-order valence-electron chi connectivity index (χ2n) is 6.45. The first-order valence-electron chi connectivity index (χ1n) is 9.03. The Balaban J connectivity index is 2.44. The number of alkyl halides is 3. The van der Waals surface area contributed by atoms with Crippen LogP contribution in [-0.2, 0) is 13.7 Å². The van der Waals surface area contributed by atoms with E-state index in [9.17, 15) is 26.0 Å². The van der Waals surface area contributed by atoms with Crippen LogP contribution in [0.4, 0.5) is 22.0 Å². The molecule has 0 aliphatic carbocycles. The highest BCUT2D eigenvalue weighted by atomic mass is 32.3. The fourth-order valence-corrected chi connectivity index (χ4v) is 7.64. The Labute approximate surface area is 188 Å².